The molecule has 4 rings (SSSR count). The number of hydrogen-bond acceptors (Lipinski definition) is 3. The van der Waals surface area contributed by atoms with Crippen LogP contribution < -0.4 is 4.90 Å². The summed E-state index contributed by atoms with van der Waals surface area (Å²) in [4.78, 5) is 26.4. The van der Waals surface area contributed by atoms with E-state index in [2.05, 4.69) is 0 Å². The van der Waals surface area contributed by atoms with Crippen LogP contribution in [0.3, 0.4) is 0 Å². The van der Waals surface area contributed by atoms with Crippen LogP contribution in [0.5, 0.6) is 0 Å². The van der Waals surface area contributed by atoms with Crippen LogP contribution in [0.15, 0.2) is 42.5 Å². The van der Waals surface area contributed by atoms with E-state index < -0.39 is 12.0 Å². The summed E-state index contributed by atoms with van der Waals surface area (Å²) >= 11 is 7.73. The van der Waals surface area contributed by atoms with Crippen LogP contribution in [-0.4, -0.2) is 48.1 Å². The number of benzene rings is 2. The van der Waals surface area contributed by atoms with E-state index in [-0.39, 0.29) is 31.8 Å². The van der Waals surface area contributed by atoms with Crippen LogP contribution in [0, 0.1) is 0 Å². The number of carbonyl (C=O) groups excluding carboxylic acids is 1. The molecule has 0 aliphatic carbocycles. The van der Waals surface area contributed by atoms with Gasteiger partial charge in [0.15, 0.2) is 0 Å². The van der Waals surface area contributed by atoms with Crippen molar-refractivity contribution in [2.45, 2.75) is 18.8 Å². The number of thiophene rings is 1. The molecule has 0 radical (unpaired) electrons. The molecular formula is C22H19ClF2N2O3S. The largest absolute Gasteiger partial charge is 0.465 e. The minimum absolute atomic E-state index is 0.0468. The molecule has 1 fully saturated rings. The smallest absolute Gasteiger partial charge is 0.412 e. The number of anilines is 1. The Kier molecular flexibility index (Phi) is 5.61. The summed E-state index contributed by atoms with van der Waals surface area (Å²) in [6.45, 7) is 0.0935. The Balaban J connectivity index is 1.57. The average Bonchev–Trinajstić information content (AvgIpc) is 3.17. The molecule has 1 N–H and O–H groups in total. The van der Waals surface area contributed by atoms with Crippen molar-refractivity contribution in [3.8, 4) is 11.1 Å². The predicted octanol–water partition coefficient (Wildman–Crippen LogP) is 6.21. The number of fused-ring (bicyclic) bond motifs is 1. The van der Waals surface area contributed by atoms with Gasteiger partial charge in [-0.05, 0) is 46.8 Å². The summed E-state index contributed by atoms with van der Waals surface area (Å²) in [6.07, 6.45) is -1.68. The molecule has 2 aromatic carbocycles. The zero-order chi connectivity index (χ0) is 22.3. The number of halogens is 3. The second-order valence-corrected chi connectivity index (χ2v) is 8.97. The maximum atomic E-state index is 13.3. The normalized spacial score (nSPS) is 15.8. The second kappa shape index (κ2) is 8.09. The Morgan fingerprint density at radius 3 is 2.35 bits per heavy atom. The Morgan fingerprint density at radius 1 is 1.10 bits per heavy atom. The molecule has 31 heavy (non-hydrogen) atoms. The Hall–Kier alpha value is -2.71. The van der Waals surface area contributed by atoms with E-state index in [0.717, 1.165) is 26.1 Å². The average molecular weight is 465 g/mol. The van der Waals surface area contributed by atoms with E-state index in [4.69, 9.17) is 11.6 Å². The third kappa shape index (κ3) is 4.36. The van der Waals surface area contributed by atoms with E-state index in [0.29, 0.717) is 15.6 Å². The number of nitrogens with zero attached hydrogens (tertiary/aromatic N) is 2. The summed E-state index contributed by atoms with van der Waals surface area (Å²) in [6, 6.07) is 12.4. The molecule has 3 aromatic rings. The lowest BCUT2D eigenvalue weighted by atomic mass is 10.0. The summed E-state index contributed by atoms with van der Waals surface area (Å²) < 4.78 is 27.5. The molecule has 0 bridgehead atoms. The Bertz CT molecular complexity index is 1150. The SMILES string of the molecule is CN(C(=O)O)c1cc2cc(-c3ccc(C(=O)N4CCC(F)(F)CC4)cc3)cc(Cl)c2s1. The standard InChI is InChI=1S/C22H19ClF2N2O3S/c1-26(21(29)30)18-12-16-10-15(11-17(23)19(16)31-18)13-2-4-14(5-3-13)20(28)27-8-6-22(24,25)7-9-27/h2-5,10-12H,6-9H2,1H3,(H,29,30). The van der Waals surface area contributed by atoms with E-state index in [1.807, 2.05) is 6.07 Å². The third-order valence-corrected chi connectivity index (χ3v) is 7.09. The van der Waals surface area contributed by atoms with Crippen molar-refractivity contribution in [1.29, 1.82) is 0 Å². The number of alkyl halides is 2. The van der Waals surface area contributed by atoms with Crippen molar-refractivity contribution < 1.29 is 23.5 Å². The molecule has 5 nitrogen and oxygen atoms in total. The highest BCUT2D eigenvalue weighted by atomic mass is 35.5. The fourth-order valence-electron chi connectivity index (χ4n) is 3.55. The van der Waals surface area contributed by atoms with Gasteiger partial charge < -0.3 is 10.0 Å². The van der Waals surface area contributed by atoms with E-state index in [9.17, 15) is 23.5 Å². The fraction of sp³-hybridized carbons (Fsp3) is 0.273. The van der Waals surface area contributed by atoms with E-state index in [1.165, 1.54) is 23.3 Å². The quantitative estimate of drug-likeness (QED) is 0.501. The van der Waals surface area contributed by atoms with Crippen molar-refractivity contribution in [2.24, 2.45) is 0 Å². The highest BCUT2D eigenvalue weighted by molar-refractivity contribution is 7.23. The molecule has 1 aromatic heterocycles. The lowest BCUT2D eigenvalue weighted by Gasteiger charge is -2.31. The van der Waals surface area contributed by atoms with Crippen LogP contribution in [0.25, 0.3) is 21.2 Å². The zero-order valence-corrected chi connectivity index (χ0v) is 18.1. The van der Waals surface area contributed by atoms with Gasteiger partial charge in [0.1, 0.15) is 5.00 Å². The number of piperidine rings is 1. The third-order valence-electron chi connectivity index (χ3n) is 5.42. The topological polar surface area (TPSA) is 60.9 Å². The van der Waals surface area contributed by atoms with Gasteiger partial charge in [-0.15, -0.1) is 11.3 Å². The van der Waals surface area contributed by atoms with Gasteiger partial charge in [-0.2, -0.15) is 0 Å². The molecule has 1 aliphatic rings. The van der Waals surface area contributed by atoms with Crippen molar-refractivity contribution in [1.82, 2.24) is 4.90 Å². The molecule has 2 heterocycles. The zero-order valence-electron chi connectivity index (χ0n) is 16.6. The monoisotopic (exact) mass is 464 g/mol. The number of rotatable bonds is 3. The Morgan fingerprint density at radius 2 is 1.74 bits per heavy atom. The van der Waals surface area contributed by atoms with Crippen LogP contribution in [0.1, 0.15) is 23.2 Å². The van der Waals surface area contributed by atoms with Gasteiger partial charge in [-0.3, -0.25) is 9.69 Å². The van der Waals surface area contributed by atoms with Crippen LogP contribution >= 0.6 is 22.9 Å². The van der Waals surface area contributed by atoms with Gasteiger partial charge in [-0.1, -0.05) is 23.7 Å². The maximum Gasteiger partial charge on any atom is 0.412 e. The molecule has 1 aliphatic heterocycles. The minimum atomic E-state index is -2.70. The molecule has 9 heteroatoms. The van der Waals surface area contributed by atoms with Crippen molar-refractivity contribution >= 4 is 50.0 Å². The van der Waals surface area contributed by atoms with Crippen molar-refractivity contribution in [3.05, 3.63) is 53.1 Å². The Labute approximate surface area is 186 Å². The van der Waals surface area contributed by atoms with Gasteiger partial charge in [0.25, 0.3) is 11.8 Å². The molecule has 2 amide bonds. The van der Waals surface area contributed by atoms with Crippen LogP contribution in [-0.2, 0) is 0 Å². The van der Waals surface area contributed by atoms with E-state index in [1.54, 1.807) is 36.4 Å². The minimum Gasteiger partial charge on any atom is -0.465 e. The first-order chi connectivity index (χ1) is 14.6. The molecule has 1 saturated heterocycles. The van der Waals surface area contributed by atoms with Crippen molar-refractivity contribution in [3.63, 3.8) is 0 Å². The molecular weight excluding hydrogens is 446 g/mol. The fourth-order valence-corrected chi connectivity index (χ4v) is 4.89. The van der Waals surface area contributed by atoms with E-state index >= 15 is 0 Å². The first-order valence-corrected chi connectivity index (χ1v) is 10.8. The first-order valence-electron chi connectivity index (χ1n) is 9.62. The molecule has 162 valence electrons. The summed E-state index contributed by atoms with van der Waals surface area (Å²) in [5.74, 6) is -2.95. The lowest BCUT2D eigenvalue weighted by molar-refractivity contribution is -0.0494. The number of hydrogen-bond donors (Lipinski definition) is 1. The summed E-state index contributed by atoms with van der Waals surface area (Å²) in [5.41, 5.74) is 2.11. The van der Waals surface area contributed by atoms with Crippen LogP contribution in [0.2, 0.25) is 5.02 Å². The highest BCUT2D eigenvalue weighted by Gasteiger charge is 2.35. The predicted molar refractivity (Wildman–Crippen MR) is 119 cm³/mol. The number of carboxylic acid groups (broad SMARTS) is 1. The van der Waals surface area contributed by atoms with Gasteiger partial charge >= 0.3 is 6.09 Å². The molecule has 0 atom stereocenters. The number of likely N-dealkylation sites (tertiary alicyclic amines) is 1. The van der Waals surface area contributed by atoms with Gasteiger partial charge in [0.05, 0.1) is 9.72 Å². The first kappa shape index (κ1) is 21.5. The van der Waals surface area contributed by atoms with Gasteiger partial charge in [0.2, 0.25) is 0 Å². The summed E-state index contributed by atoms with van der Waals surface area (Å²) in [5, 5.41) is 11.1. The second-order valence-electron chi connectivity index (χ2n) is 7.53. The van der Waals surface area contributed by atoms with Crippen molar-refractivity contribution in [2.75, 3.05) is 25.0 Å². The maximum absolute atomic E-state index is 13.3. The lowest BCUT2D eigenvalue weighted by Crippen LogP contribution is -2.42. The molecule has 0 saturated carbocycles. The van der Waals surface area contributed by atoms with Crippen LogP contribution in [0.4, 0.5) is 18.6 Å². The number of amides is 2. The summed E-state index contributed by atoms with van der Waals surface area (Å²) in [7, 11) is 1.47. The highest BCUT2D eigenvalue weighted by Crippen LogP contribution is 2.39. The molecule has 0 unspecified atom stereocenters. The van der Waals surface area contributed by atoms with Gasteiger partial charge in [-0.25, -0.2) is 13.6 Å². The molecule has 0 spiro atoms. The van der Waals surface area contributed by atoms with Gasteiger partial charge in [0, 0.05) is 38.5 Å². The number of carbonyl (C=O) groups is 2.